The van der Waals surface area contributed by atoms with Crippen molar-refractivity contribution in [1.82, 2.24) is 20.2 Å². The number of amides is 1. The summed E-state index contributed by atoms with van der Waals surface area (Å²) in [5.41, 5.74) is 3.22. The Morgan fingerprint density at radius 1 is 0.959 bits per heavy atom. The summed E-state index contributed by atoms with van der Waals surface area (Å²) in [6, 6.07) is 18.5. The Kier molecular flexibility index (Phi) is 12.2. The van der Waals surface area contributed by atoms with Crippen LogP contribution in [-0.2, 0) is 24.2 Å². The van der Waals surface area contributed by atoms with E-state index in [0.29, 0.717) is 30.7 Å². The summed E-state index contributed by atoms with van der Waals surface area (Å²) < 4.78 is 25.6. The lowest BCUT2D eigenvalue weighted by Gasteiger charge is -2.36. The number of pyridine rings is 2. The van der Waals surface area contributed by atoms with E-state index in [0.717, 1.165) is 73.5 Å². The van der Waals surface area contributed by atoms with Gasteiger partial charge in [0.15, 0.2) is 17.2 Å². The van der Waals surface area contributed by atoms with Gasteiger partial charge in [0.25, 0.3) is 0 Å². The molecule has 0 aliphatic carbocycles. The van der Waals surface area contributed by atoms with Gasteiger partial charge >= 0.3 is 6.09 Å². The molecule has 1 fully saturated rings. The number of fused-ring (bicyclic) bond motifs is 1. The average Bonchev–Trinajstić information content (AvgIpc) is 3.09. The third kappa shape index (κ3) is 9.98. The number of hydrogen-bond donors (Lipinski definition) is 1. The van der Waals surface area contributed by atoms with Crippen LogP contribution in [0.5, 0.6) is 5.75 Å². The van der Waals surface area contributed by atoms with E-state index in [4.69, 9.17) is 19.4 Å². The highest BCUT2D eigenvalue weighted by molar-refractivity contribution is 6.05. The minimum atomic E-state index is -0.508. The number of ether oxygens (including phenoxy) is 2. The van der Waals surface area contributed by atoms with E-state index in [9.17, 15) is 14.0 Å². The first-order chi connectivity index (χ1) is 23.6. The molecule has 5 rings (SSSR count). The minimum absolute atomic E-state index is 0.137. The predicted octanol–water partition coefficient (Wildman–Crippen LogP) is 7.15. The Labute approximate surface area is 288 Å². The lowest BCUT2D eigenvalue weighted by Crippen LogP contribution is -2.47. The monoisotopic (exact) mass is 669 g/mol. The Balaban J connectivity index is 1.31. The summed E-state index contributed by atoms with van der Waals surface area (Å²) in [4.78, 5) is 40.3. The largest absolute Gasteiger partial charge is 0.484 e. The molecule has 0 spiro atoms. The smallest absolute Gasteiger partial charge is 0.407 e. The third-order valence-corrected chi connectivity index (χ3v) is 8.60. The molecule has 2 aromatic heterocycles. The molecular weight excluding hydrogens is 621 g/mol. The highest BCUT2D eigenvalue weighted by Gasteiger charge is 2.26. The summed E-state index contributed by atoms with van der Waals surface area (Å²) in [6.07, 6.45) is 4.53. The molecule has 1 amide bonds. The molecule has 0 saturated carbocycles. The van der Waals surface area contributed by atoms with Gasteiger partial charge in [-0.15, -0.1) is 0 Å². The van der Waals surface area contributed by atoms with Gasteiger partial charge in [0.1, 0.15) is 29.4 Å². The van der Waals surface area contributed by atoms with Gasteiger partial charge in [-0.05, 0) is 94.0 Å². The van der Waals surface area contributed by atoms with Crippen LogP contribution in [0.3, 0.4) is 0 Å². The second kappa shape index (κ2) is 16.7. The van der Waals surface area contributed by atoms with E-state index in [1.807, 2.05) is 70.2 Å². The molecule has 0 radical (unpaired) electrons. The van der Waals surface area contributed by atoms with Crippen molar-refractivity contribution < 1.29 is 23.5 Å². The molecule has 2 aromatic carbocycles. The van der Waals surface area contributed by atoms with E-state index in [2.05, 4.69) is 15.1 Å². The van der Waals surface area contributed by atoms with Crippen molar-refractivity contribution in [3.8, 4) is 5.75 Å². The van der Waals surface area contributed by atoms with E-state index >= 15 is 0 Å². The number of aromatic nitrogens is 2. The molecule has 1 aliphatic heterocycles. The molecule has 3 heterocycles. The molecule has 0 atom stereocenters. The van der Waals surface area contributed by atoms with Crippen molar-refractivity contribution in [2.45, 2.75) is 72.0 Å². The molecule has 0 bridgehead atoms. The first-order valence-electron chi connectivity index (χ1n) is 17.3. The molecule has 1 N–H and O–H groups in total. The zero-order valence-corrected chi connectivity index (χ0v) is 29.1. The van der Waals surface area contributed by atoms with Crippen LogP contribution in [0, 0.1) is 5.82 Å². The molecule has 0 unspecified atom stereocenters. The van der Waals surface area contributed by atoms with Crippen LogP contribution < -0.4 is 15.0 Å². The first kappa shape index (κ1) is 35.7. The number of carbonyl (C=O) groups excluding carboxylic acids is 2. The van der Waals surface area contributed by atoms with Gasteiger partial charge in [-0.1, -0.05) is 43.3 Å². The van der Waals surface area contributed by atoms with Gasteiger partial charge in [-0.2, -0.15) is 0 Å². The first-order valence-corrected chi connectivity index (χ1v) is 17.3. The molecule has 49 heavy (non-hydrogen) atoms. The minimum Gasteiger partial charge on any atom is -0.484 e. The number of ketones is 1. The molecule has 1 aliphatic rings. The zero-order chi connectivity index (χ0) is 34.8. The number of Topliss-reactive ketones (excluding diaryl/α,β-unsaturated/α-hetero) is 1. The Hall–Kier alpha value is -4.57. The number of aryl methyl sites for hydroxylation is 2. The predicted molar refractivity (Wildman–Crippen MR) is 191 cm³/mol. The molecule has 9 nitrogen and oxygen atoms in total. The number of carbonyl (C=O) groups is 2. The van der Waals surface area contributed by atoms with Gasteiger partial charge in [-0.25, -0.2) is 14.2 Å². The number of nitrogens with zero attached hydrogens (tertiary/aromatic N) is 4. The van der Waals surface area contributed by atoms with Gasteiger partial charge in [-0.3, -0.25) is 14.7 Å². The highest BCUT2D eigenvalue weighted by atomic mass is 19.1. The molecule has 4 aromatic rings. The molecule has 10 heteroatoms. The van der Waals surface area contributed by atoms with Crippen molar-refractivity contribution in [3.63, 3.8) is 0 Å². The normalized spacial score (nSPS) is 13.8. The summed E-state index contributed by atoms with van der Waals surface area (Å²) >= 11 is 0. The summed E-state index contributed by atoms with van der Waals surface area (Å²) in [5, 5.41) is 3.67. The molecule has 1 saturated heterocycles. The Bertz CT molecular complexity index is 1720. The van der Waals surface area contributed by atoms with Crippen LogP contribution in [0.15, 0.2) is 66.9 Å². The third-order valence-electron chi connectivity index (χ3n) is 8.60. The van der Waals surface area contributed by atoms with Crippen LogP contribution in [0.4, 0.5) is 15.0 Å². The van der Waals surface area contributed by atoms with E-state index < -0.39 is 5.60 Å². The Morgan fingerprint density at radius 2 is 1.73 bits per heavy atom. The highest BCUT2D eigenvalue weighted by Crippen LogP contribution is 2.35. The standard InChI is InChI=1S/C39H48FN5O4/c1-5-29-26-31(40)17-15-30(29)16-18-33(46)35-36(48-27-28-12-7-6-8-13-28)34-32(14-11-20-41-34)37(43-35)45-24-22-44(23-25-45)21-10-9-19-42-38(47)49-39(2,3)4/h6-8,11-15,17,20,26H,5,9-10,16,18-19,21-25,27H2,1-4H3,(H,42,47). The average molecular weight is 670 g/mol. The van der Waals surface area contributed by atoms with E-state index in [-0.39, 0.29) is 36.4 Å². The van der Waals surface area contributed by atoms with Gasteiger partial charge in [0, 0.05) is 50.7 Å². The lowest BCUT2D eigenvalue weighted by atomic mass is 9.98. The number of piperazine rings is 1. The number of hydrogen-bond acceptors (Lipinski definition) is 8. The summed E-state index contributed by atoms with van der Waals surface area (Å²) in [5.74, 6) is 0.713. The second-order valence-corrected chi connectivity index (χ2v) is 13.4. The number of anilines is 1. The van der Waals surface area contributed by atoms with Gasteiger partial charge < -0.3 is 19.7 Å². The maximum absolute atomic E-state index is 14.0. The number of halogens is 1. The number of benzene rings is 2. The second-order valence-electron chi connectivity index (χ2n) is 13.4. The summed E-state index contributed by atoms with van der Waals surface area (Å²) in [7, 11) is 0. The fourth-order valence-electron chi connectivity index (χ4n) is 6.07. The van der Waals surface area contributed by atoms with Crippen molar-refractivity contribution in [3.05, 3.63) is 95.1 Å². The lowest BCUT2D eigenvalue weighted by molar-refractivity contribution is 0.0526. The van der Waals surface area contributed by atoms with Gasteiger partial charge in [0.2, 0.25) is 0 Å². The summed E-state index contributed by atoms with van der Waals surface area (Å²) in [6.45, 7) is 12.5. The van der Waals surface area contributed by atoms with Crippen molar-refractivity contribution in [2.24, 2.45) is 0 Å². The number of nitrogens with one attached hydrogen (secondary N) is 1. The van der Waals surface area contributed by atoms with Crippen LogP contribution >= 0.6 is 0 Å². The quantitative estimate of drug-likeness (QED) is 0.112. The number of alkyl carbamates (subject to hydrolysis) is 1. The Morgan fingerprint density at radius 3 is 2.47 bits per heavy atom. The van der Waals surface area contributed by atoms with Crippen LogP contribution in [-0.4, -0.2) is 71.6 Å². The van der Waals surface area contributed by atoms with Crippen LogP contribution in [0.25, 0.3) is 10.9 Å². The van der Waals surface area contributed by atoms with Crippen molar-refractivity contribution in [2.75, 3.05) is 44.2 Å². The van der Waals surface area contributed by atoms with Crippen molar-refractivity contribution >= 4 is 28.6 Å². The fraction of sp³-hybridized carbons (Fsp3) is 0.436. The fourth-order valence-corrected chi connectivity index (χ4v) is 6.07. The number of rotatable bonds is 14. The zero-order valence-electron chi connectivity index (χ0n) is 29.1. The molecular formula is C39H48FN5O4. The molecule has 260 valence electrons. The van der Waals surface area contributed by atoms with Crippen molar-refractivity contribution in [1.29, 1.82) is 0 Å². The maximum atomic E-state index is 14.0. The number of unbranched alkanes of at least 4 members (excludes halogenated alkanes) is 1. The van der Waals surface area contributed by atoms with E-state index in [1.54, 1.807) is 18.3 Å². The maximum Gasteiger partial charge on any atom is 0.407 e. The SMILES string of the molecule is CCc1cc(F)ccc1CCC(=O)c1nc(N2CCN(CCCCNC(=O)OC(C)(C)C)CC2)c2cccnc2c1OCc1ccccc1. The van der Waals surface area contributed by atoms with Gasteiger partial charge in [0.05, 0.1) is 0 Å². The van der Waals surface area contributed by atoms with Crippen LogP contribution in [0.2, 0.25) is 0 Å². The van der Waals surface area contributed by atoms with E-state index in [1.165, 1.54) is 6.07 Å². The topological polar surface area (TPSA) is 96.9 Å². The van der Waals surface area contributed by atoms with Crippen LogP contribution in [0.1, 0.15) is 74.1 Å².